The molecule has 6 nitrogen and oxygen atoms in total. The number of carbonyl (C=O) groups is 1. The molecule has 0 aliphatic heterocycles. The number of anilines is 1. The van der Waals surface area contributed by atoms with Crippen LogP contribution in [-0.4, -0.2) is 27.4 Å². The van der Waals surface area contributed by atoms with E-state index in [0.717, 1.165) is 5.69 Å². The smallest absolute Gasteiger partial charge is 0.277 e. The van der Waals surface area contributed by atoms with Gasteiger partial charge in [-0.1, -0.05) is 12.0 Å². The molecule has 0 radical (unpaired) electrons. The van der Waals surface area contributed by atoms with E-state index < -0.39 is 0 Å². The highest BCUT2D eigenvalue weighted by atomic mass is 16.1. The Balaban J connectivity index is 2.13. The summed E-state index contributed by atoms with van der Waals surface area (Å²) in [4.78, 5) is 24.1. The van der Waals surface area contributed by atoms with Crippen LogP contribution in [0.25, 0.3) is 0 Å². The van der Waals surface area contributed by atoms with E-state index in [-0.39, 0.29) is 18.1 Å². The number of rotatable bonds is 2. The summed E-state index contributed by atoms with van der Waals surface area (Å²) in [5.74, 6) is 5.54. The van der Waals surface area contributed by atoms with E-state index in [1.165, 1.54) is 12.4 Å². The molecule has 2 heterocycles. The molecule has 2 aromatic heterocycles. The molecule has 20 heavy (non-hydrogen) atoms. The highest BCUT2D eigenvalue weighted by Gasteiger charge is 2.08. The standard InChI is InChI=1S/C14H13N5O/c1-10-8-17-12(9-16-10)14(20)19-13-6-2-4-11(18-13)5-3-7-15/h2,4,6,8-9H,7,15H2,1H3,(H,18,19,20). The van der Waals surface area contributed by atoms with Gasteiger partial charge in [0.05, 0.1) is 18.4 Å². The van der Waals surface area contributed by atoms with Crippen molar-refractivity contribution in [2.45, 2.75) is 6.92 Å². The van der Waals surface area contributed by atoms with Crippen LogP contribution in [0.1, 0.15) is 21.9 Å². The Morgan fingerprint density at radius 2 is 2.20 bits per heavy atom. The maximum atomic E-state index is 11.9. The van der Waals surface area contributed by atoms with Gasteiger partial charge in [-0.05, 0) is 25.0 Å². The molecular weight excluding hydrogens is 254 g/mol. The van der Waals surface area contributed by atoms with Crippen LogP contribution in [0.3, 0.4) is 0 Å². The summed E-state index contributed by atoms with van der Waals surface area (Å²) in [7, 11) is 0. The lowest BCUT2D eigenvalue weighted by atomic mass is 10.3. The first-order valence-corrected chi connectivity index (χ1v) is 5.95. The van der Waals surface area contributed by atoms with Crippen molar-refractivity contribution in [3.63, 3.8) is 0 Å². The fourth-order valence-corrected chi connectivity index (χ4v) is 1.41. The Labute approximate surface area is 116 Å². The molecule has 0 bridgehead atoms. The molecule has 0 fully saturated rings. The van der Waals surface area contributed by atoms with Crippen LogP contribution in [0, 0.1) is 18.8 Å². The number of hydrogen-bond donors (Lipinski definition) is 2. The number of hydrogen-bond acceptors (Lipinski definition) is 5. The summed E-state index contributed by atoms with van der Waals surface area (Å²) >= 11 is 0. The first kappa shape index (κ1) is 13.6. The Kier molecular flexibility index (Phi) is 4.37. The number of aromatic nitrogens is 3. The van der Waals surface area contributed by atoms with E-state index >= 15 is 0 Å². The molecule has 0 aliphatic rings. The Hall–Kier alpha value is -2.78. The summed E-state index contributed by atoms with van der Waals surface area (Å²) in [6.07, 6.45) is 2.95. The second-order valence-electron chi connectivity index (χ2n) is 3.91. The summed E-state index contributed by atoms with van der Waals surface area (Å²) in [6, 6.07) is 5.17. The SMILES string of the molecule is Cc1cnc(C(=O)Nc2cccc(C#CCN)n2)cn1. The fraction of sp³-hybridized carbons (Fsp3) is 0.143. The van der Waals surface area contributed by atoms with Crippen LogP contribution in [0.15, 0.2) is 30.6 Å². The number of nitrogens with zero attached hydrogens (tertiary/aromatic N) is 3. The first-order chi connectivity index (χ1) is 9.69. The maximum Gasteiger partial charge on any atom is 0.277 e. The predicted octanol–water partition coefficient (Wildman–Crippen LogP) is 0.743. The monoisotopic (exact) mass is 267 g/mol. The third-order valence-electron chi connectivity index (χ3n) is 2.32. The van der Waals surface area contributed by atoms with Crippen molar-refractivity contribution in [1.82, 2.24) is 15.0 Å². The lowest BCUT2D eigenvalue weighted by Gasteiger charge is -2.04. The number of carbonyl (C=O) groups excluding carboxylic acids is 1. The number of amides is 1. The molecule has 0 aromatic carbocycles. The third kappa shape index (κ3) is 3.60. The zero-order chi connectivity index (χ0) is 14.4. The van der Waals surface area contributed by atoms with Crippen LogP contribution in [0.4, 0.5) is 5.82 Å². The molecule has 0 unspecified atom stereocenters. The molecule has 6 heteroatoms. The van der Waals surface area contributed by atoms with Gasteiger partial charge in [-0.2, -0.15) is 0 Å². The largest absolute Gasteiger partial charge is 0.320 e. The van der Waals surface area contributed by atoms with Gasteiger partial charge in [0.25, 0.3) is 5.91 Å². The predicted molar refractivity (Wildman–Crippen MR) is 74.9 cm³/mol. The van der Waals surface area contributed by atoms with Crippen molar-refractivity contribution in [2.75, 3.05) is 11.9 Å². The lowest BCUT2D eigenvalue weighted by Crippen LogP contribution is -2.15. The Morgan fingerprint density at radius 3 is 2.90 bits per heavy atom. The van der Waals surface area contributed by atoms with E-state index in [0.29, 0.717) is 11.5 Å². The van der Waals surface area contributed by atoms with E-state index in [1.54, 1.807) is 25.1 Å². The van der Waals surface area contributed by atoms with Crippen molar-refractivity contribution in [2.24, 2.45) is 5.73 Å². The molecule has 2 aromatic rings. The minimum absolute atomic E-state index is 0.232. The molecule has 0 aliphatic carbocycles. The van der Waals surface area contributed by atoms with E-state index in [2.05, 4.69) is 32.1 Å². The van der Waals surface area contributed by atoms with E-state index in [9.17, 15) is 4.79 Å². The lowest BCUT2D eigenvalue weighted by molar-refractivity contribution is 0.102. The fourth-order valence-electron chi connectivity index (χ4n) is 1.41. The summed E-state index contributed by atoms with van der Waals surface area (Å²) in [5.41, 5.74) is 6.82. The van der Waals surface area contributed by atoms with E-state index in [1.807, 2.05) is 0 Å². The van der Waals surface area contributed by atoms with Gasteiger partial charge in [0.2, 0.25) is 0 Å². The van der Waals surface area contributed by atoms with E-state index in [4.69, 9.17) is 5.73 Å². The second kappa shape index (κ2) is 6.41. The summed E-state index contributed by atoms with van der Waals surface area (Å²) in [5, 5.41) is 2.64. The molecule has 100 valence electrons. The van der Waals surface area contributed by atoms with Gasteiger partial charge in [0.15, 0.2) is 0 Å². The molecule has 3 N–H and O–H groups in total. The van der Waals surface area contributed by atoms with Crippen molar-refractivity contribution in [3.8, 4) is 11.8 Å². The van der Waals surface area contributed by atoms with Crippen molar-refractivity contribution in [1.29, 1.82) is 0 Å². The molecular formula is C14H13N5O. The van der Waals surface area contributed by atoms with Crippen LogP contribution >= 0.6 is 0 Å². The van der Waals surface area contributed by atoms with Crippen LogP contribution < -0.4 is 11.1 Å². The zero-order valence-electron chi connectivity index (χ0n) is 10.9. The molecule has 0 saturated carbocycles. The average Bonchev–Trinajstić information content (AvgIpc) is 2.46. The summed E-state index contributed by atoms with van der Waals surface area (Å²) in [6.45, 7) is 2.06. The number of nitrogens with one attached hydrogen (secondary N) is 1. The molecule has 0 spiro atoms. The number of aryl methyl sites for hydroxylation is 1. The minimum Gasteiger partial charge on any atom is -0.320 e. The highest BCUT2D eigenvalue weighted by molar-refractivity contribution is 6.02. The van der Waals surface area contributed by atoms with Gasteiger partial charge in [-0.25, -0.2) is 9.97 Å². The van der Waals surface area contributed by atoms with Gasteiger partial charge >= 0.3 is 0 Å². The van der Waals surface area contributed by atoms with Crippen molar-refractivity contribution < 1.29 is 4.79 Å². The molecule has 0 saturated heterocycles. The number of nitrogens with two attached hydrogens (primary N) is 1. The quantitative estimate of drug-likeness (QED) is 0.783. The molecule has 2 rings (SSSR count). The Bertz CT molecular complexity index is 670. The zero-order valence-corrected chi connectivity index (χ0v) is 10.9. The van der Waals surface area contributed by atoms with Gasteiger partial charge in [0, 0.05) is 6.20 Å². The van der Waals surface area contributed by atoms with Gasteiger partial charge < -0.3 is 11.1 Å². The van der Waals surface area contributed by atoms with Crippen LogP contribution in [-0.2, 0) is 0 Å². The maximum absolute atomic E-state index is 11.9. The first-order valence-electron chi connectivity index (χ1n) is 5.95. The number of pyridine rings is 1. The van der Waals surface area contributed by atoms with Gasteiger partial charge in [0.1, 0.15) is 17.2 Å². The van der Waals surface area contributed by atoms with Crippen molar-refractivity contribution >= 4 is 11.7 Å². The van der Waals surface area contributed by atoms with Crippen molar-refractivity contribution in [3.05, 3.63) is 47.7 Å². The van der Waals surface area contributed by atoms with Gasteiger partial charge in [-0.3, -0.25) is 9.78 Å². The Morgan fingerprint density at radius 1 is 1.35 bits per heavy atom. The third-order valence-corrected chi connectivity index (χ3v) is 2.32. The minimum atomic E-state index is -0.367. The average molecular weight is 267 g/mol. The van der Waals surface area contributed by atoms with Gasteiger partial charge in [-0.15, -0.1) is 0 Å². The topological polar surface area (TPSA) is 93.8 Å². The van der Waals surface area contributed by atoms with Crippen LogP contribution in [0.5, 0.6) is 0 Å². The highest BCUT2D eigenvalue weighted by Crippen LogP contribution is 2.06. The normalized spacial score (nSPS) is 9.50. The van der Waals surface area contributed by atoms with Crippen LogP contribution in [0.2, 0.25) is 0 Å². The molecule has 0 atom stereocenters. The second-order valence-corrected chi connectivity index (χ2v) is 3.91. The molecule has 1 amide bonds. The summed E-state index contributed by atoms with van der Waals surface area (Å²) < 4.78 is 0.